The highest BCUT2D eigenvalue weighted by Gasteiger charge is 2.19. The molecule has 0 rings (SSSR count). The molecule has 0 amide bonds. The molecule has 0 heterocycles. The first-order chi connectivity index (χ1) is 23.8. The van der Waals surface area contributed by atoms with Crippen molar-refractivity contribution in [1.29, 1.82) is 0 Å². The van der Waals surface area contributed by atoms with Crippen molar-refractivity contribution < 1.29 is 28.6 Å². The molecule has 290 valence electrons. The quantitative estimate of drug-likeness (QED) is 0.0366. The van der Waals surface area contributed by atoms with Crippen LogP contribution in [0, 0.1) is 11.8 Å². The van der Waals surface area contributed by atoms with Gasteiger partial charge in [-0.2, -0.15) is 0 Å². The van der Waals surface area contributed by atoms with Gasteiger partial charge in [0.15, 0.2) is 6.10 Å². The summed E-state index contributed by atoms with van der Waals surface area (Å²) in [5.41, 5.74) is 0. The predicted molar refractivity (Wildman–Crippen MR) is 206 cm³/mol. The normalized spacial score (nSPS) is 13.2. The molecule has 0 spiro atoms. The van der Waals surface area contributed by atoms with Crippen LogP contribution in [0.15, 0.2) is 0 Å². The Balaban J connectivity index is 4.32. The first-order valence-electron chi connectivity index (χ1n) is 21.3. The maximum Gasteiger partial charge on any atom is 0.306 e. The number of hydrogen-bond donors (Lipinski definition) is 0. The highest BCUT2D eigenvalue weighted by molar-refractivity contribution is 5.71. The number of carbonyl (C=O) groups excluding carboxylic acids is 3. The summed E-state index contributed by atoms with van der Waals surface area (Å²) in [7, 11) is 0. The molecule has 0 fully saturated rings. The molecule has 0 bridgehead atoms. The zero-order chi connectivity index (χ0) is 36.2. The minimum absolute atomic E-state index is 0.0668. The lowest BCUT2D eigenvalue weighted by Crippen LogP contribution is -2.30. The average molecular weight is 695 g/mol. The van der Waals surface area contributed by atoms with Crippen LogP contribution >= 0.6 is 0 Å². The molecule has 49 heavy (non-hydrogen) atoms. The largest absolute Gasteiger partial charge is 0.462 e. The standard InChI is InChI=1S/C43H82O6/c1-6-9-10-11-16-23-28-33-41(44)47-36-40(37-48-42(45)34-29-24-20-19-22-27-32-39(5)8-3)49-43(46)35-30-25-18-15-13-12-14-17-21-26-31-38(4)7-2/h38-40H,6-37H2,1-5H3/t38?,39?,40-/m1/s1. The number of hydrogen-bond acceptors (Lipinski definition) is 6. The molecule has 0 aliphatic rings. The van der Waals surface area contributed by atoms with E-state index >= 15 is 0 Å². The number of carbonyl (C=O) groups is 3. The molecule has 0 aromatic rings. The minimum Gasteiger partial charge on any atom is -0.462 e. The fourth-order valence-corrected chi connectivity index (χ4v) is 6.16. The van der Waals surface area contributed by atoms with Gasteiger partial charge in [0.25, 0.3) is 0 Å². The Morgan fingerprint density at radius 2 is 0.714 bits per heavy atom. The Hall–Kier alpha value is -1.59. The van der Waals surface area contributed by atoms with E-state index in [-0.39, 0.29) is 31.1 Å². The number of unbranched alkanes of at least 4 members (excludes halogenated alkanes) is 20. The Kier molecular flexibility index (Phi) is 35.0. The van der Waals surface area contributed by atoms with Crippen molar-refractivity contribution in [3.63, 3.8) is 0 Å². The molecule has 0 aliphatic carbocycles. The molecule has 0 saturated carbocycles. The summed E-state index contributed by atoms with van der Waals surface area (Å²) in [6, 6.07) is 0. The molecular formula is C43H82O6. The van der Waals surface area contributed by atoms with E-state index in [0.29, 0.717) is 19.3 Å². The van der Waals surface area contributed by atoms with E-state index in [4.69, 9.17) is 14.2 Å². The zero-order valence-electron chi connectivity index (χ0n) is 33.3. The van der Waals surface area contributed by atoms with Crippen LogP contribution in [0.25, 0.3) is 0 Å². The van der Waals surface area contributed by atoms with Gasteiger partial charge in [0.2, 0.25) is 0 Å². The fourth-order valence-electron chi connectivity index (χ4n) is 6.16. The molecule has 0 saturated heterocycles. The van der Waals surface area contributed by atoms with E-state index in [1.54, 1.807) is 0 Å². The van der Waals surface area contributed by atoms with Crippen LogP contribution in [0.5, 0.6) is 0 Å². The summed E-state index contributed by atoms with van der Waals surface area (Å²) >= 11 is 0. The lowest BCUT2D eigenvalue weighted by molar-refractivity contribution is -0.167. The maximum absolute atomic E-state index is 12.7. The Labute approximate surface area is 304 Å². The number of esters is 3. The summed E-state index contributed by atoms with van der Waals surface area (Å²) in [6.45, 7) is 11.3. The van der Waals surface area contributed by atoms with Gasteiger partial charge in [-0.1, -0.05) is 189 Å². The van der Waals surface area contributed by atoms with Crippen molar-refractivity contribution in [2.24, 2.45) is 11.8 Å². The predicted octanol–water partition coefficient (Wildman–Crippen LogP) is 13.0. The smallest absolute Gasteiger partial charge is 0.306 e. The van der Waals surface area contributed by atoms with E-state index in [1.807, 2.05) is 0 Å². The van der Waals surface area contributed by atoms with Crippen LogP contribution in [0.1, 0.15) is 227 Å². The monoisotopic (exact) mass is 695 g/mol. The van der Waals surface area contributed by atoms with E-state index in [9.17, 15) is 14.4 Å². The first kappa shape index (κ1) is 47.4. The lowest BCUT2D eigenvalue weighted by atomic mass is 9.99. The molecular weight excluding hydrogens is 612 g/mol. The highest BCUT2D eigenvalue weighted by Crippen LogP contribution is 2.17. The topological polar surface area (TPSA) is 78.9 Å². The van der Waals surface area contributed by atoms with Crippen LogP contribution in [-0.2, 0) is 28.6 Å². The van der Waals surface area contributed by atoms with Gasteiger partial charge in [0.1, 0.15) is 13.2 Å². The zero-order valence-corrected chi connectivity index (χ0v) is 33.3. The Bertz CT molecular complexity index is 753. The van der Waals surface area contributed by atoms with Gasteiger partial charge in [0, 0.05) is 19.3 Å². The molecule has 0 N–H and O–H groups in total. The average Bonchev–Trinajstić information content (AvgIpc) is 3.10. The highest BCUT2D eigenvalue weighted by atomic mass is 16.6. The van der Waals surface area contributed by atoms with Gasteiger partial charge in [-0.25, -0.2) is 0 Å². The molecule has 0 radical (unpaired) electrons. The van der Waals surface area contributed by atoms with Gasteiger partial charge in [0.05, 0.1) is 0 Å². The van der Waals surface area contributed by atoms with E-state index < -0.39 is 6.10 Å². The third-order valence-corrected chi connectivity index (χ3v) is 10.2. The summed E-state index contributed by atoms with van der Waals surface area (Å²) in [5.74, 6) is 0.811. The van der Waals surface area contributed by atoms with Gasteiger partial charge < -0.3 is 14.2 Å². The fraction of sp³-hybridized carbons (Fsp3) is 0.930. The summed E-state index contributed by atoms with van der Waals surface area (Å²) < 4.78 is 16.6. The van der Waals surface area contributed by atoms with Crippen molar-refractivity contribution in [2.75, 3.05) is 13.2 Å². The third-order valence-electron chi connectivity index (χ3n) is 10.2. The van der Waals surface area contributed by atoms with E-state index in [2.05, 4.69) is 34.6 Å². The van der Waals surface area contributed by atoms with Crippen molar-refractivity contribution >= 4 is 17.9 Å². The SMILES string of the molecule is CCCCCCCCCC(=O)OC[C@H](COC(=O)CCCCCCCCC(C)CC)OC(=O)CCCCCCCCCCCCC(C)CC. The third kappa shape index (κ3) is 34.6. The van der Waals surface area contributed by atoms with Crippen LogP contribution < -0.4 is 0 Å². The van der Waals surface area contributed by atoms with Crippen LogP contribution in [0.2, 0.25) is 0 Å². The van der Waals surface area contributed by atoms with Crippen molar-refractivity contribution in [1.82, 2.24) is 0 Å². The molecule has 6 heteroatoms. The Morgan fingerprint density at radius 1 is 0.408 bits per heavy atom. The van der Waals surface area contributed by atoms with Gasteiger partial charge in [-0.05, 0) is 31.1 Å². The summed E-state index contributed by atoms with van der Waals surface area (Å²) in [6.07, 6.45) is 32.3. The molecule has 0 aromatic carbocycles. The second-order valence-corrected chi connectivity index (χ2v) is 15.1. The molecule has 0 aromatic heterocycles. The number of rotatable bonds is 37. The van der Waals surface area contributed by atoms with Crippen molar-refractivity contribution in [2.45, 2.75) is 233 Å². The Morgan fingerprint density at radius 3 is 1.06 bits per heavy atom. The second-order valence-electron chi connectivity index (χ2n) is 15.1. The second kappa shape index (κ2) is 36.2. The van der Waals surface area contributed by atoms with Crippen LogP contribution in [0.4, 0.5) is 0 Å². The van der Waals surface area contributed by atoms with E-state index in [0.717, 1.165) is 69.6 Å². The van der Waals surface area contributed by atoms with Crippen LogP contribution in [0.3, 0.4) is 0 Å². The first-order valence-corrected chi connectivity index (χ1v) is 21.3. The maximum atomic E-state index is 12.7. The summed E-state index contributed by atoms with van der Waals surface area (Å²) in [5, 5.41) is 0. The van der Waals surface area contributed by atoms with Crippen molar-refractivity contribution in [3.05, 3.63) is 0 Å². The van der Waals surface area contributed by atoms with Gasteiger partial charge in [-0.15, -0.1) is 0 Å². The lowest BCUT2D eigenvalue weighted by Gasteiger charge is -2.18. The molecule has 2 unspecified atom stereocenters. The van der Waals surface area contributed by atoms with E-state index in [1.165, 1.54) is 116 Å². The number of ether oxygens (including phenoxy) is 3. The minimum atomic E-state index is -0.759. The molecule has 6 nitrogen and oxygen atoms in total. The summed E-state index contributed by atoms with van der Waals surface area (Å²) in [4.78, 5) is 37.5. The molecule has 0 aliphatic heterocycles. The van der Waals surface area contributed by atoms with Crippen LogP contribution in [-0.4, -0.2) is 37.2 Å². The van der Waals surface area contributed by atoms with Gasteiger partial charge >= 0.3 is 17.9 Å². The molecule has 3 atom stereocenters. The van der Waals surface area contributed by atoms with Gasteiger partial charge in [-0.3, -0.25) is 14.4 Å². The van der Waals surface area contributed by atoms with Crippen molar-refractivity contribution in [3.8, 4) is 0 Å².